The Labute approximate surface area is 237 Å². The third-order valence-electron chi connectivity index (χ3n) is 5.84. The number of hydrogen-bond donors (Lipinski definition) is 1. The molecule has 1 aliphatic heterocycles. The number of anilines is 1. The minimum atomic E-state index is -3.25. The number of hydrogen-bond acceptors (Lipinski definition) is 9. The summed E-state index contributed by atoms with van der Waals surface area (Å²) >= 11 is 4.75. The van der Waals surface area contributed by atoms with Crippen molar-refractivity contribution in [3.63, 3.8) is 0 Å². The molecule has 1 saturated heterocycles. The summed E-state index contributed by atoms with van der Waals surface area (Å²) in [6.07, 6.45) is 1.40. The first-order valence-electron chi connectivity index (χ1n) is 12.3. The first-order valence-corrected chi connectivity index (χ1v) is 15.5. The van der Waals surface area contributed by atoms with E-state index in [1.54, 1.807) is 38.9 Å². The second kappa shape index (κ2) is 12.4. The normalized spacial score (nSPS) is 15.4. The zero-order chi connectivity index (χ0) is 28.3. The Balaban J connectivity index is 1.77. The molecule has 1 aliphatic rings. The quantitative estimate of drug-likeness (QED) is 0.372. The van der Waals surface area contributed by atoms with Crippen LogP contribution in [0.1, 0.15) is 57.1 Å². The summed E-state index contributed by atoms with van der Waals surface area (Å²) < 4.78 is 43.0. The van der Waals surface area contributed by atoms with Crippen molar-refractivity contribution in [3.05, 3.63) is 33.6 Å². The average Bonchev–Trinajstić information content (AvgIpc) is 3.17. The van der Waals surface area contributed by atoms with Crippen LogP contribution in [0.5, 0.6) is 5.75 Å². The van der Waals surface area contributed by atoms with Crippen LogP contribution in [0, 0.1) is 0 Å². The number of halogens is 1. The summed E-state index contributed by atoms with van der Waals surface area (Å²) in [4.78, 5) is 25.7. The molecule has 1 fully saturated rings. The molecule has 0 aliphatic carbocycles. The van der Waals surface area contributed by atoms with Crippen molar-refractivity contribution >= 4 is 54.9 Å². The van der Waals surface area contributed by atoms with Gasteiger partial charge in [0.25, 0.3) is 0 Å². The third-order valence-corrected chi connectivity index (χ3v) is 10.3. The van der Waals surface area contributed by atoms with Gasteiger partial charge in [-0.1, -0.05) is 12.1 Å². The van der Waals surface area contributed by atoms with Crippen LogP contribution in [0.15, 0.2) is 28.7 Å². The fourth-order valence-electron chi connectivity index (χ4n) is 3.98. The number of sulfonamides is 1. The highest BCUT2D eigenvalue weighted by Crippen LogP contribution is 2.46. The van der Waals surface area contributed by atoms with Crippen molar-refractivity contribution in [3.8, 4) is 16.2 Å². The molecule has 9 nitrogen and oxygen atoms in total. The van der Waals surface area contributed by atoms with Gasteiger partial charge >= 0.3 is 11.9 Å². The molecule has 1 aromatic carbocycles. The number of carbonyl (C=O) groups excluding carboxylic acids is 2. The molecular formula is C26H35BrN2O7S2. The second-order valence-electron chi connectivity index (χ2n) is 10.3. The van der Waals surface area contributed by atoms with Gasteiger partial charge in [0.15, 0.2) is 17.2 Å². The number of methoxy groups -OCH3 is 1. The van der Waals surface area contributed by atoms with Crippen LogP contribution in [0.2, 0.25) is 0 Å². The molecule has 2 heterocycles. The molecule has 38 heavy (non-hydrogen) atoms. The Kier molecular flexibility index (Phi) is 9.88. The molecule has 210 valence electrons. The first-order chi connectivity index (χ1) is 17.7. The predicted molar refractivity (Wildman–Crippen MR) is 152 cm³/mol. The molecule has 0 radical (unpaired) electrons. The summed E-state index contributed by atoms with van der Waals surface area (Å²) in [6, 6.07) is 7.86. The minimum Gasteiger partial charge on any atom is -0.479 e. The third kappa shape index (κ3) is 7.49. The summed E-state index contributed by atoms with van der Waals surface area (Å²) in [5, 5.41) is 3.08. The van der Waals surface area contributed by atoms with E-state index in [1.807, 2.05) is 24.3 Å². The Morgan fingerprint density at radius 2 is 1.87 bits per heavy atom. The van der Waals surface area contributed by atoms with Gasteiger partial charge in [0.2, 0.25) is 10.0 Å². The Bertz CT molecular complexity index is 1260. The fraction of sp³-hybridized carbons (Fsp3) is 0.538. The molecular weight excluding hydrogens is 596 g/mol. The van der Waals surface area contributed by atoms with E-state index < -0.39 is 32.8 Å². The van der Waals surface area contributed by atoms with E-state index in [9.17, 15) is 18.0 Å². The van der Waals surface area contributed by atoms with E-state index in [0.717, 1.165) is 16.1 Å². The van der Waals surface area contributed by atoms with Gasteiger partial charge in [0, 0.05) is 24.8 Å². The zero-order valence-electron chi connectivity index (χ0n) is 22.5. The van der Waals surface area contributed by atoms with E-state index in [4.69, 9.17) is 14.2 Å². The van der Waals surface area contributed by atoms with Gasteiger partial charge in [0.05, 0.1) is 21.7 Å². The second-order valence-corrected chi connectivity index (χ2v) is 14.6. The maximum atomic E-state index is 12.5. The molecule has 0 spiro atoms. The number of carbonyl (C=O) groups is 2. The number of benzene rings is 1. The lowest BCUT2D eigenvalue weighted by Gasteiger charge is -2.33. The van der Waals surface area contributed by atoms with Gasteiger partial charge in [-0.05, 0) is 81.1 Å². The number of nitrogens with one attached hydrogen (secondary N) is 1. The smallest absolute Gasteiger partial charge is 0.351 e. The highest BCUT2D eigenvalue weighted by atomic mass is 79.9. The SMILES string of the molecule is COC(=O)c1sc(-c2cccc(NC3CCN(S(=O)(=O)C(C)C)CC3)c2)c(Br)c1OCC(=O)OC(C)(C)C. The van der Waals surface area contributed by atoms with Crippen LogP contribution in [-0.4, -0.2) is 68.4 Å². The van der Waals surface area contributed by atoms with Crippen molar-refractivity contribution in [2.24, 2.45) is 0 Å². The first kappa shape index (κ1) is 30.4. The molecule has 0 saturated carbocycles. The molecule has 1 aromatic heterocycles. The molecule has 0 amide bonds. The fourth-order valence-corrected chi connectivity index (χ4v) is 7.26. The topological polar surface area (TPSA) is 111 Å². The number of nitrogens with zero attached hydrogens (tertiary/aromatic N) is 1. The number of esters is 2. The van der Waals surface area contributed by atoms with Gasteiger partial charge in [-0.2, -0.15) is 0 Å². The Morgan fingerprint density at radius 1 is 1.21 bits per heavy atom. The van der Waals surface area contributed by atoms with E-state index in [0.29, 0.717) is 30.4 Å². The lowest BCUT2D eigenvalue weighted by atomic mass is 10.1. The number of ether oxygens (including phenoxy) is 3. The summed E-state index contributed by atoms with van der Waals surface area (Å²) in [7, 11) is -1.96. The van der Waals surface area contributed by atoms with Crippen molar-refractivity contribution in [2.45, 2.75) is 64.4 Å². The van der Waals surface area contributed by atoms with Gasteiger partial charge < -0.3 is 19.5 Å². The summed E-state index contributed by atoms with van der Waals surface area (Å²) in [6.45, 7) is 9.30. The zero-order valence-corrected chi connectivity index (χ0v) is 25.7. The summed E-state index contributed by atoms with van der Waals surface area (Å²) in [5.41, 5.74) is 1.06. The number of rotatable bonds is 9. The lowest BCUT2D eigenvalue weighted by Crippen LogP contribution is -2.44. The monoisotopic (exact) mass is 630 g/mol. The molecule has 0 atom stereocenters. The molecule has 12 heteroatoms. The van der Waals surface area contributed by atoms with E-state index in [1.165, 1.54) is 18.4 Å². The highest BCUT2D eigenvalue weighted by molar-refractivity contribution is 9.10. The largest absolute Gasteiger partial charge is 0.479 e. The van der Waals surface area contributed by atoms with E-state index >= 15 is 0 Å². The van der Waals surface area contributed by atoms with Crippen molar-refractivity contribution in [1.82, 2.24) is 4.31 Å². The van der Waals surface area contributed by atoms with Crippen molar-refractivity contribution < 1.29 is 32.2 Å². The van der Waals surface area contributed by atoms with Gasteiger partial charge in [0.1, 0.15) is 5.60 Å². The highest BCUT2D eigenvalue weighted by Gasteiger charge is 2.30. The van der Waals surface area contributed by atoms with Crippen LogP contribution in [0.25, 0.3) is 10.4 Å². The van der Waals surface area contributed by atoms with Crippen LogP contribution < -0.4 is 10.1 Å². The molecule has 1 N–H and O–H groups in total. The van der Waals surface area contributed by atoms with Crippen molar-refractivity contribution in [1.29, 1.82) is 0 Å². The molecule has 0 unspecified atom stereocenters. The maximum Gasteiger partial charge on any atom is 0.351 e. The number of thiophene rings is 1. The summed E-state index contributed by atoms with van der Waals surface area (Å²) in [5.74, 6) is -0.898. The molecule has 2 aromatic rings. The minimum absolute atomic E-state index is 0.133. The molecule has 3 rings (SSSR count). The molecule has 0 bridgehead atoms. The Hall–Kier alpha value is -2.15. The van der Waals surface area contributed by atoms with Crippen LogP contribution in [0.3, 0.4) is 0 Å². The standard InChI is InChI=1S/C26H35BrN2O7S2/c1-16(2)38(32,33)29-12-10-18(11-13-29)28-19-9-7-8-17(14-19)23-21(27)22(24(37-23)25(31)34-6)35-15-20(30)36-26(3,4)5/h7-9,14,16,18,28H,10-13,15H2,1-6H3. The predicted octanol–water partition coefficient (Wildman–Crippen LogP) is 5.30. The van der Waals surface area contributed by atoms with Gasteiger partial charge in [-0.15, -0.1) is 11.3 Å². The average molecular weight is 632 g/mol. The van der Waals surface area contributed by atoms with Crippen molar-refractivity contribution in [2.75, 3.05) is 32.1 Å². The van der Waals surface area contributed by atoms with Crippen LogP contribution >= 0.6 is 27.3 Å². The van der Waals surface area contributed by atoms with Crippen LogP contribution in [-0.2, 0) is 24.3 Å². The van der Waals surface area contributed by atoms with E-state index in [-0.39, 0.29) is 23.3 Å². The van der Waals surface area contributed by atoms with Gasteiger partial charge in [-0.25, -0.2) is 22.3 Å². The Morgan fingerprint density at radius 3 is 2.45 bits per heavy atom. The maximum absolute atomic E-state index is 12.5. The lowest BCUT2D eigenvalue weighted by molar-refractivity contribution is -0.157. The van der Waals surface area contributed by atoms with Crippen LogP contribution in [0.4, 0.5) is 5.69 Å². The number of piperidine rings is 1. The van der Waals surface area contributed by atoms with Gasteiger partial charge in [-0.3, -0.25) is 0 Å². The van der Waals surface area contributed by atoms with E-state index in [2.05, 4.69) is 21.2 Å².